The smallest absolute Gasteiger partial charge is 0.235 e. The highest BCUT2D eigenvalue weighted by Crippen LogP contribution is 2.36. The lowest BCUT2D eigenvalue weighted by Gasteiger charge is -2.06. The average molecular weight is 413 g/mol. The van der Waals surface area contributed by atoms with Gasteiger partial charge in [-0.1, -0.05) is 30.3 Å². The third kappa shape index (κ3) is 3.40. The van der Waals surface area contributed by atoms with Crippen molar-refractivity contribution in [3.8, 4) is 10.4 Å². The highest BCUT2D eigenvalue weighted by molar-refractivity contribution is 7.22. The Morgan fingerprint density at radius 1 is 1.10 bits per heavy atom. The molecule has 3 aromatic heterocycles. The normalized spacial score (nSPS) is 11.5. The zero-order chi connectivity index (χ0) is 20.5. The maximum Gasteiger partial charge on any atom is 0.235 e. The van der Waals surface area contributed by atoms with Crippen LogP contribution in [0, 0.1) is 10.1 Å². The van der Waals surface area contributed by atoms with Crippen molar-refractivity contribution in [2.24, 2.45) is 0 Å². The van der Waals surface area contributed by atoms with Gasteiger partial charge < -0.3 is 10.3 Å². The van der Waals surface area contributed by atoms with E-state index in [0.29, 0.717) is 0 Å². The van der Waals surface area contributed by atoms with E-state index >= 15 is 0 Å². The topological polar surface area (TPSA) is 96.7 Å². The minimum atomic E-state index is -0.473. The Bertz CT molecular complexity index is 1410. The van der Waals surface area contributed by atoms with E-state index in [0.717, 1.165) is 54.8 Å². The van der Waals surface area contributed by atoms with Gasteiger partial charge in [-0.15, -0.1) is 11.3 Å². The van der Waals surface area contributed by atoms with Crippen molar-refractivity contribution < 1.29 is 4.92 Å². The van der Waals surface area contributed by atoms with Crippen LogP contribution in [0.5, 0.6) is 0 Å². The molecule has 0 bridgehead atoms. The Hall–Kier alpha value is -4.04. The minimum Gasteiger partial charge on any atom is -0.361 e. The summed E-state index contributed by atoms with van der Waals surface area (Å²) < 4.78 is 0.971. The van der Waals surface area contributed by atoms with Crippen LogP contribution in [0.4, 0.5) is 11.5 Å². The predicted octanol–water partition coefficient (Wildman–Crippen LogP) is 5.83. The first kappa shape index (κ1) is 18.0. The molecule has 2 aromatic carbocycles. The van der Waals surface area contributed by atoms with E-state index in [1.165, 1.54) is 6.08 Å². The summed E-state index contributed by atoms with van der Waals surface area (Å²) in [6, 6.07) is 18.1. The summed E-state index contributed by atoms with van der Waals surface area (Å²) in [6.45, 7) is 0. The molecule has 5 rings (SSSR count). The predicted molar refractivity (Wildman–Crippen MR) is 120 cm³/mol. The summed E-state index contributed by atoms with van der Waals surface area (Å²) in [5.41, 5.74) is 4.52. The average Bonchev–Trinajstić information content (AvgIpc) is 3.37. The second-order valence-corrected chi connectivity index (χ2v) is 7.70. The minimum absolute atomic E-state index is 0.473. The fourth-order valence-corrected chi connectivity index (χ4v) is 4.38. The first-order valence-corrected chi connectivity index (χ1v) is 9.99. The van der Waals surface area contributed by atoms with Gasteiger partial charge in [-0.25, -0.2) is 9.97 Å². The standard InChI is InChI=1S/C22H15N5O2S/c28-27(29)9-8-15-12-23-18-7-6-16(10-17(15)18)26-22-21-19(24-13-25-22)11-20(30-21)14-4-2-1-3-5-14/h1-13,23H,(H,24,25,26)/b9-8+. The number of aromatic nitrogens is 3. The van der Waals surface area contributed by atoms with Gasteiger partial charge in [0.1, 0.15) is 6.33 Å². The molecule has 0 fully saturated rings. The van der Waals surface area contributed by atoms with Gasteiger partial charge in [0.15, 0.2) is 5.82 Å². The molecular formula is C22H15N5O2S. The summed E-state index contributed by atoms with van der Waals surface area (Å²) in [4.78, 5) is 23.3. The number of hydrogen-bond acceptors (Lipinski definition) is 6. The van der Waals surface area contributed by atoms with E-state index in [2.05, 4.69) is 38.5 Å². The summed E-state index contributed by atoms with van der Waals surface area (Å²) >= 11 is 1.64. The Balaban J connectivity index is 1.52. The van der Waals surface area contributed by atoms with Crippen LogP contribution < -0.4 is 5.32 Å². The van der Waals surface area contributed by atoms with E-state index in [9.17, 15) is 10.1 Å². The number of nitrogens with zero attached hydrogens (tertiary/aromatic N) is 3. The van der Waals surface area contributed by atoms with Gasteiger partial charge >= 0.3 is 0 Å². The number of aromatic amines is 1. The van der Waals surface area contributed by atoms with Gasteiger partial charge in [0.2, 0.25) is 6.20 Å². The van der Waals surface area contributed by atoms with Crippen LogP contribution >= 0.6 is 11.3 Å². The van der Waals surface area contributed by atoms with Crippen molar-refractivity contribution in [2.75, 3.05) is 5.32 Å². The van der Waals surface area contributed by atoms with Crippen molar-refractivity contribution in [1.29, 1.82) is 0 Å². The Kier molecular flexibility index (Phi) is 4.45. The monoisotopic (exact) mass is 413 g/mol. The largest absolute Gasteiger partial charge is 0.361 e. The van der Waals surface area contributed by atoms with Crippen molar-refractivity contribution in [3.63, 3.8) is 0 Å². The third-order valence-electron chi connectivity index (χ3n) is 4.72. The number of nitro groups is 1. The molecule has 2 N–H and O–H groups in total. The maximum atomic E-state index is 10.7. The number of H-pyrrole nitrogens is 1. The molecule has 7 nitrogen and oxygen atoms in total. The third-order valence-corrected chi connectivity index (χ3v) is 5.90. The SMILES string of the molecule is O=[N+]([O-])/C=C/c1c[nH]c2ccc(Nc3ncnc4cc(-c5ccccc5)sc34)cc12. The Morgan fingerprint density at radius 2 is 1.97 bits per heavy atom. The van der Waals surface area contributed by atoms with Crippen LogP contribution in [0.25, 0.3) is 37.6 Å². The number of hydrogen-bond donors (Lipinski definition) is 2. The lowest BCUT2D eigenvalue weighted by atomic mass is 10.1. The van der Waals surface area contributed by atoms with Gasteiger partial charge in [-0.2, -0.15) is 0 Å². The molecule has 0 saturated carbocycles. The molecule has 0 unspecified atom stereocenters. The number of thiophene rings is 1. The van der Waals surface area contributed by atoms with Crippen LogP contribution in [0.15, 0.2) is 73.3 Å². The van der Waals surface area contributed by atoms with E-state index < -0.39 is 4.92 Å². The number of benzene rings is 2. The molecule has 0 aliphatic rings. The first-order valence-electron chi connectivity index (χ1n) is 9.17. The first-order chi connectivity index (χ1) is 14.7. The van der Waals surface area contributed by atoms with Crippen LogP contribution in [-0.2, 0) is 0 Å². The molecule has 0 atom stereocenters. The molecule has 3 heterocycles. The zero-order valence-electron chi connectivity index (χ0n) is 15.6. The highest BCUT2D eigenvalue weighted by atomic mass is 32.1. The highest BCUT2D eigenvalue weighted by Gasteiger charge is 2.11. The number of nitrogens with one attached hydrogen (secondary N) is 2. The summed E-state index contributed by atoms with van der Waals surface area (Å²) in [7, 11) is 0. The summed E-state index contributed by atoms with van der Waals surface area (Å²) in [5, 5.41) is 14.9. The second-order valence-electron chi connectivity index (χ2n) is 6.64. The molecular weight excluding hydrogens is 398 g/mol. The molecule has 8 heteroatoms. The summed E-state index contributed by atoms with van der Waals surface area (Å²) in [6.07, 6.45) is 5.72. The van der Waals surface area contributed by atoms with E-state index in [1.807, 2.05) is 36.4 Å². The molecule has 0 radical (unpaired) electrons. The molecule has 0 aliphatic heterocycles. The lowest BCUT2D eigenvalue weighted by molar-refractivity contribution is -0.400. The zero-order valence-corrected chi connectivity index (χ0v) is 16.4. The number of anilines is 2. The lowest BCUT2D eigenvalue weighted by Crippen LogP contribution is -1.94. The van der Waals surface area contributed by atoms with Crippen molar-refractivity contribution >= 4 is 50.0 Å². The van der Waals surface area contributed by atoms with Crippen molar-refractivity contribution in [1.82, 2.24) is 15.0 Å². The maximum absolute atomic E-state index is 10.7. The van der Waals surface area contributed by atoms with Crippen LogP contribution in [0.1, 0.15) is 5.56 Å². The molecule has 146 valence electrons. The molecule has 0 aliphatic carbocycles. The Labute approximate surface area is 174 Å². The van der Waals surface area contributed by atoms with Crippen molar-refractivity contribution in [3.05, 3.63) is 89.0 Å². The van der Waals surface area contributed by atoms with Gasteiger partial charge in [0.05, 0.1) is 15.1 Å². The van der Waals surface area contributed by atoms with Gasteiger partial charge in [0.25, 0.3) is 0 Å². The number of fused-ring (bicyclic) bond motifs is 2. The molecule has 0 amide bonds. The van der Waals surface area contributed by atoms with Crippen LogP contribution in [0.3, 0.4) is 0 Å². The van der Waals surface area contributed by atoms with Gasteiger partial charge in [-0.3, -0.25) is 10.1 Å². The quantitative estimate of drug-likeness (QED) is 0.279. The summed E-state index contributed by atoms with van der Waals surface area (Å²) in [5.74, 6) is 0.726. The van der Waals surface area contributed by atoms with Crippen LogP contribution in [-0.4, -0.2) is 19.9 Å². The molecule has 5 aromatic rings. The molecule has 0 saturated heterocycles. The second kappa shape index (κ2) is 7.41. The fraction of sp³-hybridized carbons (Fsp3) is 0. The van der Waals surface area contributed by atoms with E-state index in [1.54, 1.807) is 23.9 Å². The number of rotatable bonds is 5. The van der Waals surface area contributed by atoms with Gasteiger partial charge in [-0.05, 0) is 29.8 Å². The fourth-order valence-electron chi connectivity index (χ4n) is 3.32. The molecule has 0 spiro atoms. The molecule has 30 heavy (non-hydrogen) atoms. The van der Waals surface area contributed by atoms with E-state index in [4.69, 9.17) is 0 Å². The van der Waals surface area contributed by atoms with Crippen LogP contribution in [0.2, 0.25) is 0 Å². The Morgan fingerprint density at radius 3 is 2.80 bits per heavy atom. The van der Waals surface area contributed by atoms with Gasteiger partial charge in [0, 0.05) is 39.3 Å². The van der Waals surface area contributed by atoms with E-state index in [-0.39, 0.29) is 0 Å². The van der Waals surface area contributed by atoms with Crippen molar-refractivity contribution in [2.45, 2.75) is 0 Å².